The fraction of sp³-hybridized carbons (Fsp3) is 0.0769. The number of nitrogens with zero attached hydrogens (tertiary/aromatic N) is 1. The van der Waals surface area contributed by atoms with Crippen molar-refractivity contribution < 1.29 is 4.79 Å². The molecule has 1 fully saturated rings. The SMILES string of the molecule is Cn1cc(/C=C2/SC(=S)NC2=O)c2ccccc21. The van der Waals surface area contributed by atoms with E-state index in [9.17, 15) is 4.79 Å². The van der Waals surface area contributed by atoms with E-state index >= 15 is 0 Å². The van der Waals surface area contributed by atoms with Crippen molar-refractivity contribution in [2.24, 2.45) is 7.05 Å². The van der Waals surface area contributed by atoms with Crippen molar-refractivity contribution in [1.82, 2.24) is 9.88 Å². The van der Waals surface area contributed by atoms with Crippen LogP contribution in [0.15, 0.2) is 35.4 Å². The zero-order valence-electron chi connectivity index (χ0n) is 9.64. The van der Waals surface area contributed by atoms with Gasteiger partial charge < -0.3 is 9.88 Å². The molecule has 18 heavy (non-hydrogen) atoms. The fourth-order valence-electron chi connectivity index (χ4n) is 2.05. The Balaban J connectivity index is 2.13. The number of nitrogens with one attached hydrogen (secondary N) is 1. The molecule has 0 unspecified atom stereocenters. The monoisotopic (exact) mass is 274 g/mol. The highest BCUT2D eigenvalue weighted by Crippen LogP contribution is 2.29. The third-order valence-corrected chi connectivity index (χ3v) is 4.02. The van der Waals surface area contributed by atoms with E-state index in [1.165, 1.54) is 11.8 Å². The van der Waals surface area contributed by atoms with E-state index in [1.807, 2.05) is 31.5 Å². The van der Waals surface area contributed by atoms with Crippen LogP contribution in [0.25, 0.3) is 17.0 Å². The summed E-state index contributed by atoms with van der Waals surface area (Å²) in [5.41, 5.74) is 2.19. The van der Waals surface area contributed by atoms with Gasteiger partial charge in [-0.15, -0.1) is 0 Å². The van der Waals surface area contributed by atoms with Crippen molar-refractivity contribution in [3.8, 4) is 0 Å². The second-order valence-electron chi connectivity index (χ2n) is 4.06. The van der Waals surface area contributed by atoms with Gasteiger partial charge in [0.1, 0.15) is 4.32 Å². The summed E-state index contributed by atoms with van der Waals surface area (Å²) in [4.78, 5) is 12.3. The summed E-state index contributed by atoms with van der Waals surface area (Å²) in [6.45, 7) is 0. The molecule has 2 aromatic rings. The quantitative estimate of drug-likeness (QED) is 0.641. The van der Waals surface area contributed by atoms with Crippen LogP contribution < -0.4 is 5.32 Å². The average Bonchev–Trinajstić information content (AvgIpc) is 2.82. The van der Waals surface area contributed by atoms with Gasteiger partial charge in [-0.05, 0) is 12.1 Å². The zero-order valence-corrected chi connectivity index (χ0v) is 11.3. The number of fused-ring (bicyclic) bond motifs is 1. The number of para-hydroxylation sites is 1. The Morgan fingerprint density at radius 2 is 2.17 bits per heavy atom. The molecule has 5 heteroatoms. The minimum Gasteiger partial charge on any atom is -0.350 e. The minimum atomic E-state index is -0.113. The molecule has 3 rings (SSSR count). The molecule has 1 saturated heterocycles. The summed E-state index contributed by atoms with van der Waals surface area (Å²) >= 11 is 6.28. The number of thioether (sulfide) groups is 1. The van der Waals surface area contributed by atoms with E-state index in [1.54, 1.807) is 0 Å². The van der Waals surface area contributed by atoms with Crippen molar-refractivity contribution in [1.29, 1.82) is 0 Å². The Bertz CT molecular complexity index is 700. The van der Waals surface area contributed by atoms with Gasteiger partial charge in [-0.25, -0.2) is 0 Å². The summed E-state index contributed by atoms with van der Waals surface area (Å²) in [6.07, 6.45) is 3.91. The minimum absolute atomic E-state index is 0.113. The summed E-state index contributed by atoms with van der Waals surface area (Å²) in [6, 6.07) is 8.11. The molecule has 1 amide bonds. The molecule has 1 N–H and O–H groups in total. The van der Waals surface area contributed by atoms with Gasteiger partial charge >= 0.3 is 0 Å². The van der Waals surface area contributed by atoms with Gasteiger partial charge in [0.2, 0.25) is 0 Å². The van der Waals surface area contributed by atoms with Crippen molar-refractivity contribution in [3.05, 3.63) is 40.9 Å². The number of aryl methyl sites for hydroxylation is 1. The lowest BCUT2D eigenvalue weighted by Gasteiger charge is -1.93. The fourth-order valence-corrected chi connectivity index (χ4v) is 3.09. The zero-order chi connectivity index (χ0) is 12.7. The summed E-state index contributed by atoms with van der Waals surface area (Å²) in [5, 5.41) is 3.76. The third-order valence-electron chi connectivity index (χ3n) is 2.86. The van der Waals surface area contributed by atoms with Crippen LogP contribution in [0.2, 0.25) is 0 Å². The van der Waals surface area contributed by atoms with Gasteiger partial charge in [0, 0.05) is 29.7 Å². The largest absolute Gasteiger partial charge is 0.350 e. The molecule has 0 radical (unpaired) electrons. The molecule has 1 aliphatic rings. The lowest BCUT2D eigenvalue weighted by Crippen LogP contribution is -2.17. The van der Waals surface area contributed by atoms with Gasteiger partial charge in [0.15, 0.2) is 0 Å². The van der Waals surface area contributed by atoms with Crippen LogP contribution in [0.3, 0.4) is 0 Å². The normalized spacial score (nSPS) is 17.7. The molecular formula is C13H10N2OS2. The van der Waals surface area contributed by atoms with Gasteiger partial charge in [-0.2, -0.15) is 0 Å². The highest BCUT2D eigenvalue weighted by Gasteiger charge is 2.22. The molecule has 0 spiro atoms. The number of aromatic nitrogens is 1. The number of hydrogen-bond acceptors (Lipinski definition) is 3. The number of hydrogen-bond donors (Lipinski definition) is 1. The number of carbonyl (C=O) groups is 1. The Labute approximate surface area is 114 Å². The molecule has 90 valence electrons. The van der Waals surface area contributed by atoms with E-state index in [4.69, 9.17) is 12.2 Å². The first-order valence-corrected chi connectivity index (χ1v) is 6.66. The molecule has 3 nitrogen and oxygen atoms in total. The van der Waals surface area contributed by atoms with Gasteiger partial charge in [-0.3, -0.25) is 4.79 Å². The summed E-state index contributed by atoms with van der Waals surface area (Å²) in [7, 11) is 2.00. The topological polar surface area (TPSA) is 34.0 Å². The average molecular weight is 274 g/mol. The molecule has 0 aliphatic carbocycles. The number of amides is 1. The van der Waals surface area contributed by atoms with Crippen LogP contribution in [0.5, 0.6) is 0 Å². The van der Waals surface area contributed by atoms with Gasteiger partial charge in [0.05, 0.1) is 4.91 Å². The first-order valence-electron chi connectivity index (χ1n) is 5.44. The first kappa shape index (κ1) is 11.5. The molecule has 0 bridgehead atoms. The summed E-state index contributed by atoms with van der Waals surface area (Å²) in [5.74, 6) is -0.113. The smallest absolute Gasteiger partial charge is 0.263 e. The predicted octanol–water partition coefficient (Wildman–Crippen LogP) is 2.67. The van der Waals surface area contributed by atoms with Crippen LogP contribution in [-0.4, -0.2) is 14.8 Å². The van der Waals surface area contributed by atoms with Crippen LogP contribution in [-0.2, 0) is 11.8 Å². The van der Waals surface area contributed by atoms with Gasteiger partial charge in [0.25, 0.3) is 5.91 Å². The number of carbonyl (C=O) groups excluding carboxylic acids is 1. The first-order chi connectivity index (χ1) is 8.65. The van der Waals surface area contributed by atoms with Crippen LogP contribution in [0, 0.1) is 0 Å². The van der Waals surface area contributed by atoms with Crippen molar-refractivity contribution in [3.63, 3.8) is 0 Å². The maximum atomic E-state index is 11.6. The van der Waals surface area contributed by atoms with Crippen LogP contribution in [0.4, 0.5) is 0 Å². The van der Waals surface area contributed by atoms with Crippen LogP contribution >= 0.6 is 24.0 Å². The number of thiocarbonyl (C=S) groups is 1. The second kappa shape index (κ2) is 4.26. The van der Waals surface area contributed by atoms with E-state index < -0.39 is 0 Å². The standard InChI is InChI=1S/C13H10N2OS2/c1-15-7-8(9-4-2-3-5-10(9)15)6-11-12(16)14-13(17)18-11/h2-7H,1H3,(H,14,16,17)/b11-6+. The maximum absolute atomic E-state index is 11.6. The maximum Gasteiger partial charge on any atom is 0.263 e. The molecule has 1 aromatic heterocycles. The van der Waals surface area contributed by atoms with Crippen molar-refractivity contribution >= 4 is 51.2 Å². The van der Waals surface area contributed by atoms with E-state index in [2.05, 4.69) is 22.0 Å². The van der Waals surface area contributed by atoms with Crippen molar-refractivity contribution in [2.45, 2.75) is 0 Å². The molecule has 1 aromatic carbocycles. The Kier molecular flexibility index (Phi) is 2.72. The van der Waals surface area contributed by atoms with E-state index in [0.29, 0.717) is 9.23 Å². The molecule has 1 aliphatic heterocycles. The highest BCUT2D eigenvalue weighted by molar-refractivity contribution is 8.26. The Hall–Kier alpha value is -1.59. The predicted molar refractivity (Wildman–Crippen MR) is 79.2 cm³/mol. The number of benzene rings is 1. The number of rotatable bonds is 1. The third kappa shape index (κ3) is 1.85. The van der Waals surface area contributed by atoms with Crippen LogP contribution in [0.1, 0.15) is 5.56 Å². The molecule has 0 atom stereocenters. The van der Waals surface area contributed by atoms with Gasteiger partial charge in [-0.1, -0.05) is 42.2 Å². The van der Waals surface area contributed by atoms with E-state index in [0.717, 1.165) is 16.5 Å². The lowest BCUT2D eigenvalue weighted by molar-refractivity contribution is -0.115. The molecular weight excluding hydrogens is 264 g/mol. The van der Waals surface area contributed by atoms with E-state index in [-0.39, 0.29) is 5.91 Å². The lowest BCUT2D eigenvalue weighted by atomic mass is 10.1. The second-order valence-corrected chi connectivity index (χ2v) is 5.78. The molecule has 2 heterocycles. The van der Waals surface area contributed by atoms with Crippen molar-refractivity contribution in [2.75, 3.05) is 0 Å². The highest BCUT2D eigenvalue weighted by atomic mass is 32.2. The Morgan fingerprint density at radius 1 is 1.39 bits per heavy atom. The molecule has 0 saturated carbocycles. The Morgan fingerprint density at radius 3 is 2.89 bits per heavy atom. The summed E-state index contributed by atoms with van der Waals surface area (Å²) < 4.78 is 2.57.